The summed E-state index contributed by atoms with van der Waals surface area (Å²) in [5.74, 6) is 0.300. The predicted octanol–water partition coefficient (Wildman–Crippen LogP) is 2.33. The van der Waals surface area contributed by atoms with Crippen LogP contribution >= 0.6 is 0 Å². The first-order valence-electron chi connectivity index (χ1n) is 10.1. The molecule has 2 heterocycles. The van der Waals surface area contributed by atoms with E-state index in [0.717, 1.165) is 19.3 Å². The van der Waals surface area contributed by atoms with E-state index < -0.39 is 19.0 Å². The van der Waals surface area contributed by atoms with Crippen LogP contribution in [0.4, 0.5) is 20.3 Å². The fraction of sp³-hybridized carbons (Fsp3) is 0.429. The second-order valence-electron chi connectivity index (χ2n) is 7.64. The summed E-state index contributed by atoms with van der Waals surface area (Å²) in [5.41, 5.74) is 1.30. The second kappa shape index (κ2) is 10.7. The minimum absolute atomic E-state index is 0.0259. The minimum atomic E-state index is -2.52. The third kappa shape index (κ3) is 6.01. The van der Waals surface area contributed by atoms with Gasteiger partial charge in [0.1, 0.15) is 12.4 Å². The highest BCUT2D eigenvalue weighted by molar-refractivity contribution is 5.92. The molecule has 0 saturated heterocycles. The highest BCUT2D eigenvalue weighted by Gasteiger charge is 2.25. The van der Waals surface area contributed by atoms with E-state index in [1.54, 1.807) is 6.07 Å². The van der Waals surface area contributed by atoms with Gasteiger partial charge in [0.2, 0.25) is 5.91 Å². The number of likely N-dealkylation sites (N-methyl/N-ethyl adjacent to an activating group) is 1. The van der Waals surface area contributed by atoms with E-state index in [0.29, 0.717) is 23.4 Å². The first-order chi connectivity index (χ1) is 15.4. The predicted molar refractivity (Wildman–Crippen MR) is 113 cm³/mol. The molecule has 11 heteroatoms. The lowest BCUT2D eigenvalue weighted by molar-refractivity contribution is -0.122. The highest BCUT2D eigenvalue weighted by Crippen LogP contribution is 2.27. The quantitative estimate of drug-likeness (QED) is 0.536. The summed E-state index contributed by atoms with van der Waals surface area (Å²) >= 11 is 0. The molecule has 1 amide bonds. The zero-order valence-electron chi connectivity index (χ0n) is 17.5. The van der Waals surface area contributed by atoms with Crippen molar-refractivity contribution in [3.8, 4) is 17.3 Å². The molecule has 3 rings (SSSR count). The number of hydrogen-bond donors (Lipinski definition) is 2. The molecule has 32 heavy (non-hydrogen) atoms. The number of amides is 1. The molecule has 2 aromatic rings. The van der Waals surface area contributed by atoms with Crippen LogP contribution in [0.15, 0.2) is 24.7 Å². The molecule has 168 valence electrons. The molecule has 0 radical (unpaired) electrons. The van der Waals surface area contributed by atoms with E-state index in [-0.39, 0.29) is 29.8 Å². The Morgan fingerprint density at radius 1 is 1.28 bits per heavy atom. The number of rotatable bonds is 10. The van der Waals surface area contributed by atoms with Gasteiger partial charge in [0, 0.05) is 24.2 Å². The van der Waals surface area contributed by atoms with Crippen LogP contribution in [0.3, 0.4) is 0 Å². The number of pyridine rings is 1. The molecule has 0 spiro atoms. The maximum absolute atomic E-state index is 12.5. The van der Waals surface area contributed by atoms with Crippen LogP contribution in [0, 0.1) is 17.2 Å². The molecule has 1 unspecified atom stereocenters. The number of hydrogen-bond acceptors (Lipinski definition) is 8. The van der Waals surface area contributed by atoms with Crippen molar-refractivity contribution in [1.82, 2.24) is 19.9 Å². The van der Waals surface area contributed by atoms with Gasteiger partial charge in [-0.2, -0.15) is 5.26 Å². The Morgan fingerprint density at radius 2 is 2.06 bits per heavy atom. The summed E-state index contributed by atoms with van der Waals surface area (Å²) in [6.07, 6.45) is 5.23. The number of halogens is 2. The molecular weight excluding hydrogens is 420 g/mol. The highest BCUT2D eigenvalue weighted by atomic mass is 19.3. The van der Waals surface area contributed by atoms with Crippen molar-refractivity contribution >= 4 is 23.7 Å². The first kappa shape index (κ1) is 23.1. The smallest absolute Gasteiger partial charge is 0.251 e. The lowest BCUT2D eigenvalue weighted by atomic mass is 9.85. The van der Waals surface area contributed by atoms with Gasteiger partial charge in [0.05, 0.1) is 36.4 Å². The zero-order valence-corrected chi connectivity index (χ0v) is 17.5. The standard InChI is InChI=1S/C21H23F2N7O2/c1-30(11-19(22)23)10-15(12-31)28-16-5-14(7-25-17(16)6-24)18-8-27-20(9-26-18)29-21(32)13-3-2-4-13/h5,7-9,12-13,15,19,28H,2-4,10-11H2,1H3,(H,27,29,32). The number of nitrogens with zero attached hydrogens (tertiary/aromatic N) is 5. The summed E-state index contributed by atoms with van der Waals surface area (Å²) in [4.78, 5) is 37.4. The van der Waals surface area contributed by atoms with Crippen LogP contribution in [0.2, 0.25) is 0 Å². The largest absolute Gasteiger partial charge is 0.372 e. The van der Waals surface area contributed by atoms with Crippen molar-refractivity contribution in [2.45, 2.75) is 31.7 Å². The molecule has 0 aromatic carbocycles. The van der Waals surface area contributed by atoms with Crippen molar-refractivity contribution in [1.29, 1.82) is 5.26 Å². The molecule has 2 aromatic heterocycles. The number of anilines is 2. The molecule has 1 aliphatic carbocycles. The summed E-state index contributed by atoms with van der Waals surface area (Å²) in [5, 5.41) is 15.0. The topological polar surface area (TPSA) is 124 Å². The van der Waals surface area contributed by atoms with Gasteiger partial charge in [-0.15, -0.1) is 0 Å². The third-order valence-electron chi connectivity index (χ3n) is 5.13. The van der Waals surface area contributed by atoms with E-state index in [1.807, 2.05) is 6.07 Å². The van der Waals surface area contributed by atoms with Crippen LogP contribution in [0.1, 0.15) is 25.0 Å². The average Bonchev–Trinajstić information content (AvgIpc) is 2.71. The zero-order chi connectivity index (χ0) is 23.1. The number of aromatic nitrogens is 3. The summed E-state index contributed by atoms with van der Waals surface area (Å²) < 4.78 is 25.1. The monoisotopic (exact) mass is 443 g/mol. The van der Waals surface area contributed by atoms with Crippen LogP contribution in [-0.2, 0) is 9.59 Å². The second-order valence-corrected chi connectivity index (χ2v) is 7.64. The van der Waals surface area contributed by atoms with Gasteiger partial charge in [0.25, 0.3) is 6.43 Å². The van der Waals surface area contributed by atoms with Crippen LogP contribution in [-0.4, -0.2) is 64.6 Å². The lowest BCUT2D eigenvalue weighted by Crippen LogP contribution is -2.38. The molecule has 1 fully saturated rings. The van der Waals surface area contributed by atoms with Gasteiger partial charge in [-0.3, -0.25) is 14.7 Å². The van der Waals surface area contributed by atoms with Crippen molar-refractivity contribution in [2.75, 3.05) is 30.8 Å². The van der Waals surface area contributed by atoms with Crippen LogP contribution in [0.25, 0.3) is 11.3 Å². The van der Waals surface area contributed by atoms with Gasteiger partial charge in [-0.25, -0.2) is 18.7 Å². The fourth-order valence-corrected chi connectivity index (χ4v) is 3.21. The molecule has 1 atom stereocenters. The van der Waals surface area contributed by atoms with E-state index in [4.69, 9.17) is 0 Å². The SMILES string of the molecule is CN(CC(F)F)CC(C=O)Nc1cc(-c2cnc(NC(=O)C3CCC3)cn2)cnc1C#N. The van der Waals surface area contributed by atoms with Crippen LogP contribution in [0.5, 0.6) is 0 Å². The molecule has 1 saturated carbocycles. The molecule has 0 aliphatic heterocycles. The number of carbonyl (C=O) groups is 2. The number of alkyl halides is 2. The maximum atomic E-state index is 12.5. The van der Waals surface area contributed by atoms with Gasteiger partial charge in [0.15, 0.2) is 11.5 Å². The number of nitriles is 1. The fourth-order valence-electron chi connectivity index (χ4n) is 3.21. The Labute approximate surface area is 183 Å². The Morgan fingerprint density at radius 3 is 2.62 bits per heavy atom. The van der Waals surface area contributed by atoms with Crippen molar-refractivity contribution in [2.24, 2.45) is 5.92 Å². The van der Waals surface area contributed by atoms with Gasteiger partial charge in [-0.05, 0) is 26.0 Å². The summed E-state index contributed by atoms with van der Waals surface area (Å²) in [6, 6.07) is 2.70. The number of carbonyl (C=O) groups excluding carboxylic acids is 2. The van der Waals surface area contributed by atoms with Crippen molar-refractivity contribution in [3.05, 3.63) is 30.4 Å². The third-order valence-corrected chi connectivity index (χ3v) is 5.13. The average molecular weight is 443 g/mol. The Bertz CT molecular complexity index is 991. The summed E-state index contributed by atoms with van der Waals surface area (Å²) in [6.45, 7) is -0.452. The molecular formula is C21H23F2N7O2. The first-order valence-corrected chi connectivity index (χ1v) is 10.1. The normalized spacial score (nSPS) is 14.5. The molecule has 0 bridgehead atoms. The van der Waals surface area contributed by atoms with Crippen molar-refractivity contribution < 1.29 is 18.4 Å². The Hall–Kier alpha value is -3.52. The minimum Gasteiger partial charge on any atom is -0.372 e. The van der Waals surface area contributed by atoms with E-state index in [2.05, 4.69) is 25.6 Å². The molecule has 1 aliphatic rings. The van der Waals surface area contributed by atoms with Crippen LogP contribution < -0.4 is 10.6 Å². The van der Waals surface area contributed by atoms with Gasteiger partial charge in [-0.1, -0.05) is 6.42 Å². The number of aldehydes is 1. The van der Waals surface area contributed by atoms with Gasteiger partial charge >= 0.3 is 0 Å². The summed E-state index contributed by atoms with van der Waals surface area (Å²) in [7, 11) is 1.48. The number of nitrogens with one attached hydrogen (secondary N) is 2. The van der Waals surface area contributed by atoms with Crippen molar-refractivity contribution in [3.63, 3.8) is 0 Å². The van der Waals surface area contributed by atoms with E-state index in [1.165, 1.54) is 30.5 Å². The maximum Gasteiger partial charge on any atom is 0.251 e. The Kier molecular flexibility index (Phi) is 7.72. The molecule has 2 N–H and O–H groups in total. The van der Waals surface area contributed by atoms with Gasteiger partial charge < -0.3 is 15.4 Å². The Balaban J connectivity index is 1.72. The van der Waals surface area contributed by atoms with E-state index in [9.17, 15) is 23.6 Å². The van der Waals surface area contributed by atoms with E-state index >= 15 is 0 Å². The lowest BCUT2D eigenvalue weighted by Gasteiger charge is -2.23. The molecule has 9 nitrogen and oxygen atoms in total.